The Morgan fingerprint density at radius 1 is 0.255 bits per heavy atom. The highest BCUT2D eigenvalue weighted by Crippen LogP contribution is 2.48. The van der Waals surface area contributed by atoms with Gasteiger partial charge in [-0.05, 0) is 198 Å². The minimum absolute atomic E-state index is 0.106. The Bertz CT molecular complexity index is 5140. The van der Waals surface area contributed by atoms with Crippen molar-refractivity contribution in [1.29, 1.82) is 0 Å². The molecule has 524 valence electrons. The standard InChI is InChI=1S/C84H58N2O8S12/c87-81-59-17-19-61-76-62(84(90)86(83(61)89)48-50-39-57(93-27-23-53-43-73(65-11-3-31-97-65)105-79(53)69-15-7-35-101-69)46-58(40-50)94-28-24-54-44-74(66-12-4-32-98-66)106-80(54)70-16-8-36-102-70)20-18-60(75(59)76)82(88)85(81)47-49-37-55(91-25-21-51-41-71(63-9-1-29-95-63)103-77(51)67-13-5-33-99-67)45-56(38-49)92-26-22-52-42-72(64-10-2-30-96-64)104-78(52)68-14-6-34-100-68/h1-20,29-46H,21-28,47-48H2. The van der Waals surface area contributed by atoms with E-state index in [-0.39, 0.29) is 46.1 Å². The molecule has 0 saturated carbocycles. The van der Waals surface area contributed by atoms with Crippen LogP contribution in [-0.4, -0.2) is 59.9 Å². The predicted molar refractivity (Wildman–Crippen MR) is 446 cm³/mol. The molecule has 22 heteroatoms. The molecular weight excluding hydrogens is 1550 g/mol. The van der Waals surface area contributed by atoms with Crippen LogP contribution in [0.5, 0.6) is 23.0 Å². The first-order chi connectivity index (χ1) is 52.1. The van der Waals surface area contributed by atoms with Crippen LogP contribution in [0.1, 0.15) is 74.8 Å². The van der Waals surface area contributed by atoms with Gasteiger partial charge in [0, 0.05) is 149 Å². The third kappa shape index (κ3) is 14.0. The Morgan fingerprint density at radius 2 is 0.481 bits per heavy atom. The molecule has 0 saturated heterocycles. The molecule has 16 aromatic rings. The van der Waals surface area contributed by atoms with Crippen LogP contribution >= 0.6 is 136 Å². The van der Waals surface area contributed by atoms with Gasteiger partial charge in [-0.2, -0.15) is 0 Å². The summed E-state index contributed by atoms with van der Waals surface area (Å²) < 4.78 is 26.8. The van der Waals surface area contributed by atoms with Crippen molar-refractivity contribution in [3.63, 3.8) is 0 Å². The summed E-state index contributed by atoms with van der Waals surface area (Å²) >= 11 is 21.0. The third-order valence-electron chi connectivity index (χ3n) is 18.5. The quantitative estimate of drug-likeness (QED) is 0.0446. The highest BCUT2D eigenvalue weighted by Gasteiger charge is 2.40. The van der Waals surface area contributed by atoms with Gasteiger partial charge in [0.05, 0.1) is 39.5 Å². The average molecular weight is 1610 g/mol. The molecule has 0 N–H and O–H groups in total. The van der Waals surface area contributed by atoms with Gasteiger partial charge in [0.25, 0.3) is 23.6 Å². The van der Waals surface area contributed by atoms with Crippen molar-refractivity contribution >= 4 is 170 Å². The third-order valence-corrected chi connectivity index (χ3v) is 31.6. The maximum atomic E-state index is 15.1. The summed E-state index contributed by atoms with van der Waals surface area (Å²) in [5, 5.41) is 17.4. The second-order valence-electron chi connectivity index (χ2n) is 25.2. The first kappa shape index (κ1) is 68.8. The lowest BCUT2D eigenvalue weighted by molar-refractivity contribution is 0.0576. The second kappa shape index (κ2) is 30.3. The number of ether oxygens (including phenoxy) is 4. The molecule has 2 aliphatic heterocycles. The largest absolute Gasteiger partial charge is 0.493 e. The highest BCUT2D eigenvalue weighted by atomic mass is 32.1. The van der Waals surface area contributed by atoms with Crippen molar-refractivity contribution in [3.05, 3.63) is 281 Å². The van der Waals surface area contributed by atoms with Crippen molar-refractivity contribution in [2.75, 3.05) is 26.4 Å². The zero-order valence-corrected chi connectivity index (χ0v) is 65.9. The summed E-state index contributed by atoms with van der Waals surface area (Å²) in [7, 11) is 0. The van der Waals surface area contributed by atoms with Gasteiger partial charge in [0.1, 0.15) is 23.0 Å². The first-order valence-electron chi connectivity index (χ1n) is 34.1. The fraction of sp³-hybridized carbons (Fsp3) is 0.119. The van der Waals surface area contributed by atoms with Crippen molar-refractivity contribution in [3.8, 4) is 101 Å². The zero-order chi connectivity index (χ0) is 71.2. The zero-order valence-electron chi connectivity index (χ0n) is 56.1. The summed E-state index contributed by atoms with van der Waals surface area (Å²) in [5.74, 6) is -0.0260. The molecule has 0 unspecified atom stereocenters. The number of carbonyl (C=O) groups is 4. The first-order valence-corrected chi connectivity index (χ1v) is 44.4. The van der Waals surface area contributed by atoms with Gasteiger partial charge < -0.3 is 18.9 Å². The molecule has 0 fully saturated rings. The summed E-state index contributed by atoms with van der Waals surface area (Å²) in [5.41, 5.74) is 6.91. The van der Waals surface area contributed by atoms with Crippen LogP contribution in [0.3, 0.4) is 0 Å². The maximum Gasteiger partial charge on any atom is 0.261 e. The smallest absolute Gasteiger partial charge is 0.261 e. The molecule has 4 aromatic carbocycles. The number of thiophene rings is 12. The normalized spacial score (nSPS) is 12.8. The number of hydrogen-bond donors (Lipinski definition) is 0. The Labute approximate surface area is 658 Å². The fourth-order valence-electron chi connectivity index (χ4n) is 13.6. The van der Waals surface area contributed by atoms with E-state index in [1.807, 2.05) is 36.4 Å². The molecule has 0 aliphatic carbocycles. The summed E-state index contributed by atoms with van der Waals surface area (Å²) in [6.45, 7) is 1.22. The lowest BCUT2D eigenvalue weighted by Gasteiger charge is -2.32. The van der Waals surface area contributed by atoms with Gasteiger partial charge >= 0.3 is 0 Å². The number of carbonyl (C=O) groups excluding carboxylic acids is 4. The second-order valence-corrected chi connectivity index (χ2v) is 37.0. The van der Waals surface area contributed by atoms with Crippen LogP contribution in [-0.2, 0) is 38.8 Å². The monoisotopic (exact) mass is 1610 g/mol. The summed E-state index contributed by atoms with van der Waals surface area (Å²) in [6, 6.07) is 60.7. The van der Waals surface area contributed by atoms with Crippen LogP contribution in [0.2, 0.25) is 0 Å². The Kier molecular flexibility index (Phi) is 19.7. The molecule has 4 amide bonds. The molecule has 106 heavy (non-hydrogen) atoms. The number of rotatable bonds is 28. The van der Waals surface area contributed by atoms with Crippen LogP contribution < -0.4 is 18.9 Å². The average Bonchev–Trinajstić information content (AvgIpc) is 1.03. The predicted octanol–water partition coefficient (Wildman–Crippen LogP) is 25.0. The Balaban J connectivity index is 0.614. The molecule has 0 radical (unpaired) electrons. The number of amides is 4. The number of imide groups is 2. The minimum atomic E-state index is -0.545. The molecule has 12 aromatic heterocycles. The van der Waals surface area contributed by atoms with Crippen LogP contribution in [0.4, 0.5) is 0 Å². The Hall–Kier alpha value is -8.98. The van der Waals surface area contributed by atoms with E-state index in [1.54, 1.807) is 160 Å². The molecule has 10 nitrogen and oxygen atoms in total. The molecule has 14 heterocycles. The number of nitrogens with zero attached hydrogens (tertiary/aromatic N) is 2. The minimum Gasteiger partial charge on any atom is -0.493 e. The fourth-order valence-corrected chi connectivity index (χ4v) is 25.3. The van der Waals surface area contributed by atoms with Gasteiger partial charge in [-0.15, -0.1) is 136 Å². The molecule has 0 atom stereocenters. The van der Waals surface area contributed by atoms with Crippen LogP contribution in [0, 0.1) is 0 Å². The van der Waals surface area contributed by atoms with E-state index in [2.05, 4.69) is 164 Å². The highest BCUT2D eigenvalue weighted by molar-refractivity contribution is 7.28. The SMILES string of the molecule is O=C1c2ccc3c4c(ccc(c24)C(=O)N1Cc1cc(OCCc2cc(-c4cccs4)sc2-c2cccs2)cc(OCCc2cc(-c4cccs4)sc2-c2cccs2)c1)C(=O)N(Cc1cc(OCCc2cc(-c4cccs4)sc2-c2cccs2)cc(OCCc2cc(-c4cccs4)sc2-c2cccs2)c1)C3=O. The van der Waals surface area contributed by atoms with E-state index in [0.717, 1.165) is 0 Å². The van der Waals surface area contributed by atoms with E-state index in [4.69, 9.17) is 18.9 Å². The van der Waals surface area contributed by atoms with Gasteiger partial charge in [-0.1, -0.05) is 48.5 Å². The van der Waals surface area contributed by atoms with Gasteiger partial charge in [-0.3, -0.25) is 29.0 Å². The molecular formula is C84H58N2O8S12. The van der Waals surface area contributed by atoms with Crippen molar-refractivity contribution in [2.24, 2.45) is 0 Å². The molecule has 0 spiro atoms. The molecule has 18 rings (SSSR count). The van der Waals surface area contributed by atoms with Crippen molar-refractivity contribution < 1.29 is 38.1 Å². The summed E-state index contributed by atoms with van der Waals surface area (Å²) in [4.78, 5) is 82.5. The number of hydrogen-bond acceptors (Lipinski definition) is 20. The molecule has 0 bridgehead atoms. The maximum absolute atomic E-state index is 15.1. The summed E-state index contributed by atoms with van der Waals surface area (Å²) in [6.07, 6.45) is 2.55. The van der Waals surface area contributed by atoms with Gasteiger partial charge in [0.2, 0.25) is 0 Å². The van der Waals surface area contributed by atoms with E-state index < -0.39 is 23.6 Å². The number of benzene rings is 4. The van der Waals surface area contributed by atoms with Crippen LogP contribution in [0.15, 0.2) is 225 Å². The lowest BCUT2D eigenvalue weighted by atomic mass is 9.85. The van der Waals surface area contributed by atoms with E-state index in [0.29, 0.717) is 86.2 Å². The van der Waals surface area contributed by atoms with Crippen molar-refractivity contribution in [1.82, 2.24) is 9.80 Å². The Morgan fingerprint density at radius 3 is 0.698 bits per heavy atom. The van der Waals surface area contributed by atoms with Gasteiger partial charge in [0.15, 0.2) is 0 Å². The van der Waals surface area contributed by atoms with Gasteiger partial charge in [-0.25, -0.2) is 0 Å². The van der Waals surface area contributed by atoms with Crippen LogP contribution in [0.25, 0.3) is 88.8 Å². The topological polar surface area (TPSA) is 112 Å². The van der Waals surface area contributed by atoms with E-state index in [1.165, 1.54) is 110 Å². The molecule has 2 aliphatic rings. The van der Waals surface area contributed by atoms with E-state index >= 15 is 19.2 Å². The van der Waals surface area contributed by atoms with Crippen molar-refractivity contribution in [2.45, 2.75) is 38.8 Å². The lowest BCUT2D eigenvalue weighted by Crippen LogP contribution is -2.42. The van der Waals surface area contributed by atoms with E-state index in [9.17, 15) is 0 Å².